The Morgan fingerprint density at radius 2 is 2.12 bits per heavy atom. The Balaban J connectivity index is 2.50. The van der Waals surface area contributed by atoms with Gasteiger partial charge in [-0.25, -0.2) is 4.98 Å². The molecule has 0 radical (unpaired) electrons. The average molecular weight is 256 g/mol. The van der Waals surface area contributed by atoms with Gasteiger partial charge in [-0.05, 0) is 11.8 Å². The SMILES string of the molecule is CC(C)c1csc(NC(=O)CC(O)C(C)C)n1. The zero-order valence-electron chi connectivity index (χ0n) is 10.7. The van der Waals surface area contributed by atoms with E-state index < -0.39 is 6.10 Å². The van der Waals surface area contributed by atoms with Crippen LogP contribution in [0, 0.1) is 5.92 Å². The summed E-state index contributed by atoms with van der Waals surface area (Å²) >= 11 is 1.42. The lowest BCUT2D eigenvalue weighted by atomic mass is 10.0. The molecule has 0 aliphatic rings. The van der Waals surface area contributed by atoms with E-state index in [0.29, 0.717) is 11.0 Å². The van der Waals surface area contributed by atoms with E-state index in [2.05, 4.69) is 24.1 Å². The number of aliphatic hydroxyl groups is 1. The number of carbonyl (C=O) groups excluding carboxylic acids is 1. The van der Waals surface area contributed by atoms with E-state index in [1.165, 1.54) is 11.3 Å². The summed E-state index contributed by atoms with van der Waals surface area (Å²) in [7, 11) is 0. The van der Waals surface area contributed by atoms with Crippen LogP contribution >= 0.6 is 11.3 Å². The second-order valence-electron chi connectivity index (χ2n) is 4.80. The van der Waals surface area contributed by atoms with Gasteiger partial charge in [-0.15, -0.1) is 11.3 Å². The molecule has 1 heterocycles. The first-order chi connectivity index (χ1) is 7.90. The smallest absolute Gasteiger partial charge is 0.228 e. The maximum Gasteiger partial charge on any atom is 0.228 e. The number of amides is 1. The van der Waals surface area contributed by atoms with Gasteiger partial charge in [-0.1, -0.05) is 27.7 Å². The van der Waals surface area contributed by atoms with Crippen molar-refractivity contribution in [1.29, 1.82) is 0 Å². The van der Waals surface area contributed by atoms with E-state index >= 15 is 0 Å². The van der Waals surface area contributed by atoms with Crippen molar-refractivity contribution in [3.8, 4) is 0 Å². The lowest BCUT2D eigenvalue weighted by Crippen LogP contribution is -2.23. The fourth-order valence-electron chi connectivity index (χ4n) is 1.20. The molecule has 17 heavy (non-hydrogen) atoms. The molecule has 0 aliphatic heterocycles. The first-order valence-electron chi connectivity index (χ1n) is 5.83. The van der Waals surface area contributed by atoms with E-state index in [1.54, 1.807) is 0 Å². The topological polar surface area (TPSA) is 62.2 Å². The van der Waals surface area contributed by atoms with Crippen molar-refractivity contribution in [3.05, 3.63) is 11.1 Å². The minimum Gasteiger partial charge on any atom is -0.392 e. The molecule has 2 N–H and O–H groups in total. The minimum atomic E-state index is -0.598. The Kier molecular flexibility index (Phi) is 5.08. The molecule has 5 heteroatoms. The van der Waals surface area contributed by atoms with Crippen molar-refractivity contribution in [1.82, 2.24) is 4.98 Å². The van der Waals surface area contributed by atoms with Crippen molar-refractivity contribution in [2.24, 2.45) is 5.92 Å². The number of nitrogens with zero attached hydrogens (tertiary/aromatic N) is 1. The Morgan fingerprint density at radius 3 is 2.59 bits per heavy atom. The maximum atomic E-state index is 11.6. The van der Waals surface area contributed by atoms with Gasteiger partial charge in [0.2, 0.25) is 5.91 Å². The summed E-state index contributed by atoms with van der Waals surface area (Å²) in [5.74, 6) is 0.261. The molecule has 1 amide bonds. The number of thiazole rings is 1. The number of hydrogen-bond donors (Lipinski definition) is 2. The first-order valence-corrected chi connectivity index (χ1v) is 6.71. The van der Waals surface area contributed by atoms with Gasteiger partial charge < -0.3 is 10.4 Å². The molecule has 0 saturated heterocycles. The van der Waals surface area contributed by atoms with E-state index in [-0.39, 0.29) is 18.2 Å². The van der Waals surface area contributed by atoms with Gasteiger partial charge >= 0.3 is 0 Å². The summed E-state index contributed by atoms with van der Waals surface area (Å²) in [4.78, 5) is 15.9. The molecule has 0 aromatic carbocycles. The van der Waals surface area contributed by atoms with Crippen LogP contribution in [0.3, 0.4) is 0 Å². The van der Waals surface area contributed by atoms with Crippen molar-refractivity contribution >= 4 is 22.4 Å². The highest BCUT2D eigenvalue weighted by atomic mass is 32.1. The summed E-state index contributed by atoms with van der Waals surface area (Å²) in [6.07, 6.45) is -0.478. The number of carbonyl (C=O) groups is 1. The van der Waals surface area contributed by atoms with Crippen molar-refractivity contribution in [2.75, 3.05) is 5.32 Å². The molecule has 0 bridgehead atoms. The predicted octanol–water partition coefficient (Wildman–Crippen LogP) is 2.61. The summed E-state index contributed by atoms with van der Waals surface area (Å²) in [6, 6.07) is 0. The highest BCUT2D eigenvalue weighted by Crippen LogP contribution is 2.21. The highest BCUT2D eigenvalue weighted by Gasteiger charge is 2.15. The van der Waals surface area contributed by atoms with Crippen molar-refractivity contribution < 1.29 is 9.90 Å². The third-order valence-electron chi connectivity index (χ3n) is 2.52. The number of aliphatic hydroxyl groups excluding tert-OH is 1. The van der Waals surface area contributed by atoms with Crippen LogP contribution in [0.25, 0.3) is 0 Å². The van der Waals surface area contributed by atoms with E-state index in [1.807, 2.05) is 19.2 Å². The normalized spacial score (nSPS) is 13.1. The second-order valence-corrected chi connectivity index (χ2v) is 5.65. The van der Waals surface area contributed by atoms with Crippen LogP contribution in [0.2, 0.25) is 0 Å². The zero-order chi connectivity index (χ0) is 13.0. The first kappa shape index (κ1) is 14.1. The zero-order valence-corrected chi connectivity index (χ0v) is 11.5. The molecule has 1 atom stereocenters. The van der Waals surface area contributed by atoms with Crippen LogP contribution < -0.4 is 5.32 Å². The van der Waals surface area contributed by atoms with Crippen LogP contribution in [0.1, 0.15) is 45.7 Å². The summed E-state index contributed by atoms with van der Waals surface area (Å²) < 4.78 is 0. The van der Waals surface area contributed by atoms with Crippen molar-refractivity contribution in [3.63, 3.8) is 0 Å². The molecule has 1 aromatic heterocycles. The molecule has 96 valence electrons. The molecule has 0 aliphatic carbocycles. The fraction of sp³-hybridized carbons (Fsp3) is 0.667. The Bertz CT molecular complexity index is 374. The van der Waals surface area contributed by atoms with Gasteiger partial charge in [0.25, 0.3) is 0 Å². The summed E-state index contributed by atoms with van der Waals surface area (Å²) in [6.45, 7) is 7.89. The van der Waals surface area contributed by atoms with Gasteiger partial charge in [0.05, 0.1) is 18.2 Å². The quantitative estimate of drug-likeness (QED) is 0.851. The van der Waals surface area contributed by atoms with Gasteiger partial charge in [0, 0.05) is 5.38 Å². The second kappa shape index (κ2) is 6.12. The van der Waals surface area contributed by atoms with Crippen LogP contribution in [0.4, 0.5) is 5.13 Å². The highest BCUT2D eigenvalue weighted by molar-refractivity contribution is 7.13. The lowest BCUT2D eigenvalue weighted by molar-refractivity contribution is -0.118. The number of rotatable bonds is 5. The molecule has 0 spiro atoms. The van der Waals surface area contributed by atoms with E-state index in [9.17, 15) is 9.90 Å². The largest absolute Gasteiger partial charge is 0.392 e. The Labute approximate surface area is 106 Å². The molecular formula is C12H20N2O2S. The molecule has 1 rings (SSSR count). The fourth-order valence-corrected chi connectivity index (χ4v) is 2.09. The van der Waals surface area contributed by atoms with E-state index in [4.69, 9.17) is 0 Å². The van der Waals surface area contributed by atoms with Crippen LogP contribution in [-0.4, -0.2) is 22.1 Å². The van der Waals surface area contributed by atoms with Crippen LogP contribution in [0.5, 0.6) is 0 Å². The van der Waals surface area contributed by atoms with Crippen LogP contribution in [0.15, 0.2) is 5.38 Å². The Morgan fingerprint density at radius 1 is 1.47 bits per heavy atom. The number of nitrogens with one attached hydrogen (secondary N) is 1. The average Bonchev–Trinajstić information content (AvgIpc) is 2.65. The summed E-state index contributed by atoms with van der Waals surface area (Å²) in [5.41, 5.74) is 0.981. The van der Waals surface area contributed by atoms with Gasteiger partial charge in [0.1, 0.15) is 0 Å². The maximum absolute atomic E-state index is 11.6. The molecule has 1 aromatic rings. The van der Waals surface area contributed by atoms with Crippen molar-refractivity contribution in [2.45, 2.75) is 46.1 Å². The summed E-state index contributed by atoms with van der Waals surface area (Å²) in [5, 5.41) is 14.9. The third kappa shape index (κ3) is 4.44. The van der Waals surface area contributed by atoms with Crippen LogP contribution in [-0.2, 0) is 4.79 Å². The molecule has 0 saturated carbocycles. The molecular weight excluding hydrogens is 236 g/mol. The standard InChI is InChI=1S/C12H20N2O2S/c1-7(2)9-6-17-12(13-9)14-11(16)5-10(15)8(3)4/h6-8,10,15H,5H2,1-4H3,(H,13,14,16). The molecule has 1 unspecified atom stereocenters. The van der Waals surface area contributed by atoms with Gasteiger partial charge in [0.15, 0.2) is 5.13 Å². The number of aromatic nitrogens is 1. The van der Waals surface area contributed by atoms with Gasteiger partial charge in [-0.2, -0.15) is 0 Å². The number of hydrogen-bond acceptors (Lipinski definition) is 4. The lowest BCUT2D eigenvalue weighted by Gasteiger charge is -2.12. The van der Waals surface area contributed by atoms with E-state index in [0.717, 1.165) is 5.69 Å². The monoisotopic (exact) mass is 256 g/mol. The predicted molar refractivity (Wildman–Crippen MR) is 70.3 cm³/mol. The minimum absolute atomic E-state index is 0.0864. The van der Waals surface area contributed by atoms with Gasteiger partial charge in [-0.3, -0.25) is 4.79 Å². The molecule has 0 fully saturated rings. The molecule has 4 nitrogen and oxygen atoms in total. The Hall–Kier alpha value is -0.940. The third-order valence-corrected chi connectivity index (χ3v) is 3.30. The number of anilines is 1.